The fourth-order valence-electron chi connectivity index (χ4n) is 2.37. The lowest BCUT2D eigenvalue weighted by atomic mass is 10.1. The lowest BCUT2D eigenvalue weighted by molar-refractivity contribution is 0.102. The summed E-state index contributed by atoms with van der Waals surface area (Å²) >= 11 is 3.53. The fourth-order valence-corrected chi connectivity index (χ4v) is 2.89. The van der Waals surface area contributed by atoms with E-state index in [1.165, 1.54) is 5.56 Å². The predicted octanol–water partition coefficient (Wildman–Crippen LogP) is 5.06. The number of hydrogen-bond acceptors (Lipinski definition) is 3. The Morgan fingerprint density at radius 1 is 1.08 bits per heavy atom. The molecule has 0 bridgehead atoms. The highest BCUT2D eigenvalue weighted by atomic mass is 79.9. The van der Waals surface area contributed by atoms with Crippen LogP contribution >= 0.6 is 15.9 Å². The molecule has 4 nitrogen and oxygen atoms in total. The number of rotatable bonds is 7. The third kappa shape index (κ3) is 4.51. The first-order chi connectivity index (χ1) is 11.6. The van der Waals surface area contributed by atoms with E-state index in [0.717, 1.165) is 29.4 Å². The SMILES string of the molecule is CCCCc1ccc(NC(=O)c2ccc(OC)c(OC)c2)c(Br)c1. The molecule has 0 unspecified atom stereocenters. The molecule has 0 saturated heterocycles. The molecule has 0 heterocycles. The zero-order chi connectivity index (χ0) is 17.5. The number of nitrogens with one attached hydrogen (secondary N) is 1. The molecule has 24 heavy (non-hydrogen) atoms. The predicted molar refractivity (Wildman–Crippen MR) is 100 cm³/mol. The molecule has 0 radical (unpaired) electrons. The van der Waals surface area contributed by atoms with E-state index >= 15 is 0 Å². The summed E-state index contributed by atoms with van der Waals surface area (Å²) < 4.78 is 11.3. The van der Waals surface area contributed by atoms with Crippen LogP contribution < -0.4 is 14.8 Å². The van der Waals surface area contributed by atoms with Crippen molar-refractivity contribution in [2.45, 2.75) is 26.2 Å². The zero-order valence-corrected chi connectivity index (χ0v) is 15.8. The summed E-state index contributed by atoms with van der Waals surface area (Å²) in [5, 5.41) is 2.92. The average Bonchev–Trinajstić information content (AvgIpc) is 2.61. The summed E-state index contributed by atoms with van der Waals surface area (Å²) in [6, 6.07) is 11.1. The van der Waals surface area contributed by atoms with Crippen LogP contribution in [-0.4, -0.2) is 20.1 Å². The second-order valence-electron chi connectivity index (χ2n) is 5.44. The van der Waals surface area contributed by atoms with Crippen LogP contribution in [0.15, 0.2) is 40.9 Å². The second-order valence-corrected chi connectivity index (χ2v) is 6.30. The van der Waals surface area contributed by atoms with Crippen LogP contribution in [0.1, 0.15) is 35.7 Å². The molecule has 0 fully saturated rings. The van der Waals surface area contributed by atoms with Crippen molar-refractivity contribution < 1.29 is 14.3 Å². The fraction of sp³-hybridized carbons (Fsp3) is 0.316. The standard InChI is InChI=1S/C19H22BrNO3/c1-4-5-6-13-7-9-16(15(20)11-13)21-19(22)14-8-10-17(23-2)18(12-14)24-3/h7-12H,4-6H2,1-3H3,(H,21,22). The van der Waals surface area contributed by atoms with Crippen molar-refractivity contribution in [1.29, 1.82) is 0 Å². The first kappa shape index (κ1) is 18.3. The number of anilines is 1. The normalized spacial score (nSPS) is 10.3. The Balaban J connectivity index is 2.14. The molecule has 0 aliphatic rings. The number of methoxy groups -OCH3 is 2. The van der Waals surface area contributed by atoms with E-state index in [-0.39, 0.29) is 5.91 Å². The van der Waals surface area contributed by atoms with Crippen molar-refractivity contribution >= 4 is 27.5 Å². The number of amides is 1. The van der Waals surface area contributed by atoms with Crippen molar-refractivity contribution in [3.8, 4) is 11.5 Å². The van der Waals surface area contributed by atoms with Gasteiger partial charge in [0.25, 0.3) is 5.91 Å². The maximum absolute atomic E-state index is 12.5. The van der Waals surface area contributed by atoms with Crippen molar-refractivity contribution in [2.75, 3.05) is 19.5 Å². The molecule has 0 spiro atoms. The first-order valence-electron chi connectivity index (χ1n) is 7.90. The van der Waals surface area contributed by atoms with Gasteiger partial charge in [0.2, 0.25) is 0 Å². The highest BCUT2D eigenvalue weighted by molar-refractivity contribution is 9.10. The van der Waals surface area contributed by atoms with E-state index in [1.807, 2.05) is 12.1 Å². The average molecular weight is 392 g/mol. The van der Waals surface area contributed by atoms with Crippen molar-refractivity contribution in [3.63, 3.8) is 0 Å². The van der Waals surface area contributed by atoms with Crippen LogP contribution in [0, 0.1) is 0 Å². The Bertz CT molecular complexity index is 716. The van der Waals surface area contributed by atoms with E-state index in [4.69, 9.17) is 9.47 Å². The topological polar surface area (TPSA) is 47.6 Å². The molecule has 2 aromatic carbocycles. The van der Waals surface area contributed by atoms with Gasteiger partial charge in [-0.15, -0.1) is 0 Å². The maximum atomic E-state index is 12.5. The van der Waals surface area contributed by atoms with Gasteiger partial charge in [-0.25, -0.2) is 0 Å². The first-order valence-corrected chi connectivity index (χ1v) is 8.70. The number of halogens is 1. The van der Waals surface area contributed by atoms with Gasteiger partial charge in [-0.2, -0.15) is 0 Å². The van der Waals surface area contributed by atoms with E-state index in [2.05, 4.69) is 34.2 Å². The Kier molecular flexibility index (Phi) is 6.67. The lowest BCUT2D eigenvalue weighted by Crippen LogP contribution is -2.12. The third-order valence-electron chi connectivity index (χ3n) is 3.75. The number of hydrogen-bond donors (Lipinski definition) is 1. The summed E-state index contributed by atoms with van der Waals surface area (Å²) in [5.74, 6) is 0.924. The molecule has 0 aliphatic heterocycles. The molecule has 0 aromatic heterocycles. The molecular formula is C19H22BrNO3. The Hall–Kier alpha value is -2.01. The Morgan fingerprint density at radius 2 is 1.83 bits per heavy atom. The quantitative estimate of drug-likeness (QED) is 0.717. The van der Waals surface area contributed by atoms with Crippen LogP contribution in [-0.2, 0) is 6.42 Å². The minimum Gasteiger partial charge on any atom is -0.493 e. The zero-order valence-electron chi connectivity index (χ0n) is 14.2. The molecule has 0 atom stereocenters. The summed E-state index contributed by atoms with van der Waals surface area (Å²) in [6.45, 7) is 2.17. The minimum absolute atomic E-state index is 0.196. The van der Waals surface area contributed by atoms with Crippen molar-refractivity contribution in [3.05, 3.63) is 52.0 Å². The van der Waals surface area contributed by atoms with Gasteiger partial charge in [-0.1, -0.05) is 19.4 Å². The van der Waals surface area contributed by atoms with E-state index in [9.17, 15) is 4.79 Å². The van der Waals surface area contributed by atoms with Gasteiger partial charge in [-0.05, 0) is 64.7 Å². The molecule has 5 heteroatoms. The van der Waals surface area contributed by atoms with E-state index < -0.39 is 0 Å². The van der Waals surface area contributed by atoms with Gasteiger partial charge in [0, 0.05) is 10.0 Å². The molecule has 2 rings (SSSR count). The van der Waals surface area contributed by atoms with Crippen LogP contribution in [0.25, 0.3) is 0 Å². The summed E-state index contributed by atoms with van der Waals surface area (Å²) in [7, 11) is 3.11. The number of carbonyl (C=O) groups excluding carboxylic acids is 1. The number of ether oxygens (including phenoxy) is 2. The monoisotopic (exact) mass is 391 g/mol. The van der Waals surface area contributed by atoms with Crippen LogP contribution in [0.4, 0.5) is 5.69 Å². The summed E-state index contributed by atoms with van der Waals surface area (Å²) in [6.07, 6.45) is 3.36. The van der Waals surface area contributed by atoms with Gasteiger partial charge in [0.15, 0.2) is 11.5 Å². The maximum Gasteiger partial charge on any atom is 0.255 e. The highest BCUT2D eigenvalue weighted by Gasteiger charge is 2.12. The van der Waals surface area contributed by atoms with Crippen LogP contribution in [0.2, 0.25) is 0 Å². The summed E-state index contributed by atoms with van der Waals surface area (Å²) in [4.78, 5) is 12.5. The van der Waals surface area contributed by atoms with Gasteiger partial charge in [-0.3, -0.25) is 4.79 Å². The van der Waals surface area contributed by atoms with Crippen molar-refractivity contribution in [2.24, 2.45) is 0 Å². The minimum atomic E-state index is -0.196. The smallest absolute Gasteiger partial charge is 0.255 e. The lowest BCUT2D eigenvalue weighted by Gasteiger charge is -2.11. The van der Waals surface area contributed by atoms with Gasteiger partial charge >= 0.3 is 0 Å². The van der Waals surface area contributed by atoms with Gasteiger partial charge in [0.1, 0.15) is 0 Å². The van der Waals surface area contributed by atoms with E-state index in [1.54, 1.807) is 32.4 Å². The highest BCUT2D eigenvalue weighted by Crippen LogP contribution is 2.29. The van der Waals surface area contributed by atoms with Gasteiger partial charge in [0.05, 0.1) is 19.9 Å². The van der Waals surface area contributed by atoms with Crippen LogP contribution in [0.3, 0.4) is 0 Å². The third-order valence-corrected chi connectivity index (χ3v) is 4.40. The number of benzene rings is 2. The number of carbonyl (C=O) groups is 1. The Morgan fingerprint density at radius 3 is 2.46 bits per heavy atom. The summed E-state index contributed by atoms with van der Waals surface area (Å²) in [5.41, 5.74) is 2.51. The van der Waals surface area contributed by atoms with E-state index in [0.29, 0.717) is 17.1 Å². The van der Waals surface area contributed by atoms with Crippen molar-refractivity contribution in [1.82, 2.24) is 0 Å². The number of unbranched alkanes of at least 4 members (excludes halogenated alkanes) is 1. The molecule has 0 saturated carbocycles. The molecule has 128 valence electrons. The molecule has 1 N–H and O–H groups in total. The molecule has 0 aliphatic carbocycles. The largest absolute Gasteiger partial charge is 0.493 e. The molecule has 2 aromatic rings. The van der Waals surface area contributed by atoms with Crippen LogP contribution in [0.5, 0.6) is 11.5 Å². The Labute approximate surface area is 151 Å². The molecular weight excluding hydrogens is 370 g/mol. The van der Waals surface area contributed by atoms with Gasteiger partial charge < -0.3 is 14.8 Å². The second kappa shape index (κ2) is 8.73. The molecule has 1 amide bonds. The number of aryl methyl sites for hydroxylation is 1.